The fourth-order valence-corrected chi connectivity index (χ4v) is 1.55. The molecule has 0 fully saturated rings. The first-order valence-corrected chi connectivity index (χ1v) is 5.20. The van der Waals surface area contributed by atoms with Gasteiger partial charge in [-0.05, 0) is 16.7 Å². The van der Waals surface area contributed by atoms with Crippen LogP contribution in [0.5, 0.6) is 0 Å². The highest BCUT2D eigenvalue weighted by Gasteiger charge is 1.97. The minimum absolute atomic E-state index is 0.478. The van der Waals surface area contributed by atoms with Crippen LogP contribution >= 0.6 is 0 Å². The van der Waals surface area contributed by atoms with Crippen LogP contribution in [0.15, 0.2) is 54.6 Å². The molecule has 0 N–H and O–H groups in total. The number of hydrogen-bond acceptors (Lipinski definition) is 2. The molecule has 0 spiro atoms. The lowest BCUT2D eigenvalue weighted by Gasteiger charge is -2.03. The molecule has 0 saturated carbocycles. The zero-order chi connectivity index (χ0) is 11.2. The number of rotatable bonds is 4. The van der Waals surface area contributed by atoms with E-state index in [0.717, 1.165) is 5.56 Å². The monoisotopic (exact) mass is 214 g/mol. The molecule has 0 aromatic heterocycles. The highest BCUT2D eigenvalue weighted by atomic mass is 17.2. The minimum Gasteiger partial charge on any atom is -0.240 e. The molecule has 2 nitrogen and oxygen atoms in total. The molecule has 0 radical (unpaired) electrons. The van der Waals surface area contributed by atoms with E-state index in [9.17, 15) is 0 Å². The van der Waals surface area contributed by atoms with Gasteiger partial charge >= 0.3 is 0 Å². The van der Waals surface area contributed by atoms with Crippen LogP contribution < -0.4 is 0 Å². The molecule has 16 heavy (non-hydrogen) atoms. The van der Waals surface area contributed by atoms with E-state index in [1.807, 2.05) is 30.3 Å². The van der Waals surface area contributed by atoms with Gasteiger partial charge in [-0.25, -0.2) is 9.78 Å². The van der Waals surface area contributed by atoms with Gasteiger partial charge in [0.05, 0.1) is 7.11 Å². The van der Waals surface area contributed by atoms with Crippen molar-refractivity contribution < 1.29 is 9.78 Å². The van der Waals surface area contributed by atoms with Crippen molar-refractivity contribution in [2.45, 2.75) is 6.61 Å². The molecule has 2 heteroatoms. The van der Waals surface area contributed by atoms with Gasteiger partial charge in [0.1, 0.15) is 6.61 Å². The molecule has 2 rings (SSSR count). The summed E-state index contributed by atoms with van der Waals surface area (Å²) in [6, 6.07) is 18.6. The molecule has 0 unspecified atom stereocenters. The van der Waals surface area contributed by atoms with Crippen molar-refractivity contribution in [3.8, 4) is 11.1 Å². The minimum atomic E-state index is 0.478. The van der Waals surface area contributed by atoms with Crippen molar-refractivity contribution in [1.82, 2.24) is 0 Å². The van der Waals surface area contributed by atoms with Crippen molar-refractivity contribution >= 4 is 0 Å². The fraction of sp³-hybridized carbons (Fsp3) is 0.143. The SMILES string of the molecule is COOCc1ccc(-c2ccccc2)cc1. The lowest BCUT2D eigenvalue weighted by molar-refractivity contribution is -0.282. The van der Waals surface area contributed by atoms with Crippen molar-refractivity contribution in [2.24, 2.45) is 0 Å². The van der Waals surface area contributed by atoms with Crippen LogP contribution in [0.2, 0.25) is 0 Å². The van der Waals surface area contributed by atoms with Gasteiger partial charge in [-0.2, -0.15) is 0 Å². The Labute approximate surface area is 95.4 Å². The van der Waals surface area contributed by atoms with Gasteiger partial charge in [0.2, 0.25) is 0 Å². The second-order valence-corrected chi connectivity index (χ2v) is 3.49. The standard InChI is InChI=1S/C14H14O2/c1-15-16-11-12-7-9-14(10-8-12)13-5-3-2-4-6-13/h2-10H,11H2,1H3. The molecule has 0 amide bonds. The lowest BCUT2D eigenvalue weighted by Crippen LogP contribution is -1.90. The highest BCUT2D eigenvalue weighted by molar-refractivity contribution is 5.63. The van der Waals surface area contributed by atoms with E-state index in [1.54, 1.807) is 0 Å². The Morgan fingerprint density at radius 1 is 0.812 bits per heavy atom. The molecular formula is C14H14O2. The van der Waals surface area contributed by atoms with E-state index in [2.05, 4.69) is 29.2 Å². The zero-order valence-corrected chi connectivity index (χ0v) is 9.22. The summed E-state index contributed by atoms with van der Waals surface area (Å²) >= 11 is 0. The predicted molar refractivity (Wildman–Crippen MR) is 63.7 cm³/mol. The third-order valence-corrected chi connectivity index (χ3v) is 2.40. The molecular weight excluding hydrogens is 200 g/mol. The topological polar surface area (TPSA) is 18.5 Å². The van der Waals surface area contributed by atoms with Gasteiger partial charge in [-0.3, -0.25) is 0 Å². The first kappa shape index (κ1) is 10.9. The van der Waals surface area contributed by atoms with Gasteiger partial charge in [0.25, 0.3) is 0 Å². The highest BCUT2D eigenvalue weighted by Crippen LogP contribution is 2.19. The Hall–Kier alpha value is -1.64. The summed E-state index contributed by atoms with van der Waals surface area (Å²) in [6.45, 7) is 0.478. The Kier molecular flexibility index (Phi) is 3.70. The molecule has 0 bridgehead atoms. The Morgan fingerprint density at radius 3 is 2.06 bits per heavy atom. The van der Waals surface area contributed by atoms with Crippen LogP contribution in [0, 0.1) is 0 Å². The Balaban J connectivity index is 2.13. The van der Waals surface area contributed by atoms with E-state index < -0.39 is 0 Å². The van der Waals surface area contributed by atoms with E-state index in [-0.39, 0.29) is 0 Å². The predicted octanol–water partition coefficient (Wildman–Crippen LogP) is 3.43. The van der Waals surface area contributed by atoms with Crippen LogP contribution in [-0.4, -0.2) is 7.11 Å². The van der Waals surface area contributed by atoms with E-state index >= 15 is 0 Å². The molecule has 0 aliphatic heterocycles. The first-order valence-electron chi connectivity index (χ1n) is 5.20. The summed E-state index contributed by atoms with van der Waals surface area (Å²) in [4.78, 5) is 9.43. The summed E-state index contributed by atoms with van der Waals surface area (Å²) in [7, 11) is 1.51. The summed E-state index contributed by atoms with van der Waals surface area (Å²) in [5.41, 5.74) is 3.53. The van der Waals surface area contributed by atoms with Crippen LogP contribution in [0.3, 0.4) is 0 Å². The molecule has 0 atom stereocenters. The van der Waals surface area contributed by atoms with Crippen LogP contribution in [0.4, 0.5) is 0 Å². The summed E-state index contributed by atoms with van der Waals surface area (Å²) in [6.07, 6.45) is 0. The van der Waals surface area contributed by atoms with Crippen LogP contribution in [0.25, 0.3) is 11.1 Å². The molecule has 0 saturated heterocycles. The zero-order valence-electron chi connectivity index (χ0n) is 9.22. The van der Waals surface area contributed by atoms with Crippen molar-refractivity contribution in [1.29, 1.82) is 0 Å². The number of benzene rings is 2. The maximum Gasteiger partial charge on any atom is 0.107 e. The third kappa shape index (κ3) is 2.69. The van der Waals surface area contributed by atoms with Gasteiger partial charge < -0.3 is 0 Å². The molecule has 0 aliphatic rings. The van der Waals surface area contributed by atoms with Gasteiger partial charge in [0, 0.05) is 0 Å². The average Bonchev–Trinajstić information content (AvgIpc) is 2.38. The third-order valence-electron chi connectivity index (χ3n) is 2.40. The second-order valence-electron chi connectivity index (χ2n) is 3.49. The molecule has 0 aliphatic carbocycles. The summed E-state index contributed by atoms with van der Waals surface area (Å²) in [5.74, 6) is 0. The second kappa shape index (κ2) is 5.45. The van der Waals surface area contributed by atoms with Gasteiger partial charge in [-0.15, -0.1) is 0 Å². The van der Waals surface area contributed by atoms with Crippen LogP contribution in [0.1, 0.15) is 5.56 Å². The Bertz CT molecular complexity index is 420. The van der Waals surface area contributed by atoms with E-state index in [0.29, 0.717) is 6.61 Å². The van der Waals surface area contributed by atoms with Crippen molar-refractivity contribution in [3.63, 3.8) is 0 Å². The smallest absolute Gasteiger partial charge is 0.107 e. The summed E-state index contributed by atoms with van der Waals surface area (Å²) < 4.78 is 0. The maximum atomic E-state index is 4.87. The molecule has 82 valence electrons. The van der Waals surface area contributed by atoms with Crippen molar-refractivity contribution in [2.75, 3.05) is 7.11 Å². The van der Waals surface area contributed by atoms with Gasteiger partial charge in [0.15, 0.2) is 0 Å². The average molecular weight is 214 g/mol. The molecule has 0 heterocycles. The maximum absolute atomic E-state index is 4.87. The van der Waals surface area contributed by atoms with Gasteiger partial charge in [-0.1, -0.05) is 54.6 Å². The van der Waals surface area contributed by atoms with Crippen molar-refractivity contribution in [3.05, 3.63) is 60.2 Å². The van der Waals surface area contributed by atoms with E-state index in [1.165, 1.54) is 18.2 Å². The molecule has 2 aromatic carbocycles. The van der Waals surface area contributed by atoms with Crippen LogP contribution in [-0.2, 0) is 16.4 Å². The lowest BCUT2D eigenvalue weighted by atomic mass is 10.0. The Morgan fingerprint density at radius 2 is 1.44 bits per heavy atom. The van der Waals surface area contributed by atoms with E-state index in [4.69, 9.17) is 4.89 Å². The fourth-order valence-electron chi connectivity index (χ4n) is 1.55. The quantitative estimate of drug-likeness (QED) is 0.573. The summed E-state index contributed by atoms with van der Waals surface area (Å²) in [5, 5.41) is 0. The normalized spacial score (nSPS) is 10.3. The largest absolute Gasteiger partial charge is 0.240 e. The first-order chi connectivity index (χ1) is 7.90. The molecule has 2 aromatic rings. The number of hydrogen-bond donors (Lipinski definition) is 0.